The number of nitrogens with zero attached hydrogens (tertiary/aromatic N) is 2. The molecular weight excluding hydrogens is 272 g/mol. The van der Waals surface area contributed by atoms with Crippen LogP contribution in [0.5, 0.6) is 0 Å². The molecule has 2 N–H and O–H groups in total. The lowest BCUT2D eigenvalue weighted by Crippen LogP contribution is -2.44. The van der Waals surface area contributed by atoms with Crippen molar-refractivity contribution in [2.24, 2.45) is 0 Å². The third kappa shape index (κ3) is 5.19. The van der Waals surface area contributed by atoms with E-state index in [2.05, 4.69) is 27.4 Å². The van der Waals surface area contributed by atoms with Crippen molar-refractivity contribution in [1.29, 1.82) is 0 Å². The maximum atomic E-state index is 11.8. The van der Waals surface area contributed by atoms with E-state index in [0.29, 0.717) is 6.42 Å². The van der Waals surface area contributed by atoms with E-state index in [0.717, 1.165) is 62.8 Å². The van der Waals surface area contributed by atoms with Crippen molar-refractivity contribution < 1.29 is 4.79 Å². The predicted octanol–water partition coefficient (Wildman–Crippen LogP) is 0.660. The van der Waals surface area contributed by atoms with Gasteiger partial charge in [0.1, 0.15) is 0 Å². The monoisotopic (exact) mass is 296 g/mol. The Hall–Kier alpha value is -0.980. The normalized spacial score (nSPS) is 16.2. The summed E-state index contributed by atoms with van der Waals surface area (Å²) in [6.07, 6.45) is 2.37. The molecule has 0 bridgehead atoms. The van der Waals surface area contributed by atoms with Gasteiger partial charge in [-0.25, -0.2) is 4.98 Å². The summed E-state index contributed by atoms with van der Waals surface area (Å²) < 4.78 is 0. The Balaban J connectivity index is 1.57. The molecule has 0 atom stereocenters. The van der Waals surface area contributed by atoms with Gasteiger partial charge in [-0.1, -0.05) is 6.92 Å². The van der Waals surface area contributed by atoms with Gasteiger partial charge in [-0.2, -0.15) is 0 Å². The molecule has 0 unspecified atom stereocenters. The van der Waals surface area contributed by atoms with Crippen molar-refractivity contribution in [1.82, 2.24) is 20.5 Å². The molecule has 2 rings (SSSR count). The van der Waals surface area contributed by atoms with Crippen molar-refractivity contribution in [2.45, 2.75) is 26.2 Å². The van der Waals surface area contributed by atoms with Gasteiger partial charge in [0.05, 0.1) is 17.1 Å². The second-order valence-electron chi connectivity index (χ2n) is 5.06. The lowest BCUT2D eigenvalue weighted by atomic mass is 10.3. The Morgan fingerprint density at radius 1 is 1.50 bits per heavy atom. The van der Waals surface area contributed by atoms with Crippen molar-refractivity contribution in [2.75, 3.05) is 39.3 Å². The molecule has 1 saturated heterocycles. The van der Waals surface area contributed by atoms with Crippen LogP contribution in [-0.2, 0) is 17.6 Å². The second-order valence-corrected chi connectivity index (χ2v) is 6.00. The summed E-state index contributed by atoms with van der Waals surface area (Å²) in [7, 11) is 0. The molecule has 5 nitrogen and oxygen atoms in total. The Kier molecular flexibility index (Phi) is 6.42. The number of aryl methyl sites for hydroxylation is 1. The quantitative estimate of drug-likeness (QED) is 0.726. The molecule has 112 valence electrons. The molecular formula is C14H24N4OS. The number of thiazole rings is 1. The summed E-state index contributed by atoms with van der Waals surface area (Å²) in [5.41, 5.74) is 0.895. The highest BCUT2D eigenvalue weighted by atomic mass is 32.1. The number of hydrogen-bond donors (Lipinski definition) is 2. The van der Waals surface area contributed by atoms with E-state index in [4.69, 9.17) is 0 Å². The van der Waals surface area contributed by atoms with E-state index in [9.17, 15) is 4.79 Å². The minimum atomic E-state index is 0.0817. The number of aromatic nitrogens is 1. The van der Waals surface area contributed by atoms with Crippen LogP contribution in [0.2, 0.25) is 0 Å². The number of carbonyl (C=O) groups excluding carboxylic acids is 1. The Labute approximate surface area is 124 Å². The van der Waals surface area contributed by atoms with Gasteiger partial charge in [0, 0.05) is 38.1 Å². The molecule has 0 saturated carbocycles. The van der Waals surface area contributed by atoms with Crippen molar-refractivity contribution >= 4 is 17.2 Å². The zero-order valence-electron chi connectivity index (χ0n) is 12.2. The molecule has 1 aliphatic heterocycles. The molecule has 1 aliphatic rings. The molecule has 6 heteroatoms. The summed E-state index contributed by atoms with van der Waals surface area (Å²) >= 11 is 1.63. The topological polar surface area (TPSA) is 57.3 Å². The van der Waals surface area contributed by atoms with Gasteiger partial charge in [-0.3, -0.25) is 4.79 Å². The Bertz CT molecular complexity index is 415. The fourth-order valence-electron chi connectivity index (χ4n) is 2.28. The van der Waals surface area contributed by atoms with Gasteiger partial charge >= 0.3 is 0 Å². The van der Waals surface area contributed by atoms with Gasteiger partial charge in [0.2, 0.25) is 5.91 Å². The van der Waals surface area contributed by atoms with Crippen LogP contribution in [0.4, 0.5) is 0 Å². The largest absolute Gasteiger partial charge is 0.356 e. The van der Waals surface area contributed by atoms with Gasteiger partial charge < -0.3 is 15.5 Å². The van der Waals surface area contributed by atoms with Crippen LogP contribution in [0.3, 0.4) is 0 Å². The third-order valence-electron chi connectivity index (χ3n) is 3.43. The van der Waals surface area contributed by atoms with E-state index >= 15 is 0 Å². The summed E-state index contributed by atoms with van der Waals surface area (Å²) in [4.78, 5) is 18.6. The zero-order valence-corrected chi connectivity index (χ0v) is 13.0. The van der Waals surface area contributed by atoms with Crippen LogP contribution < -0.4 is 10.6 Å². The Morgan fingerprint density at radius 3 is 3.00 bits per heavy atom. The van der Waals surface area contributed by atoms with Crippen molar-refractivity contribution in [3.05, 3.63) is 16.1 Å². The second kappa shape index (κ2) is 8.34. The summed E-state index contributed by atoms with van der Waals surface area (Å²) in [5.74, 6) is 0.0817. The van der Waals surface area contributed by atoms with E-state index in [1.165, 1.54) is 0 Å². The molecule has 1 aromatic rings. The molecule has 20 heavy (non-hydrogen) atoms. The standard InChI is InChI=1S/C14H24N4OS/c1-2-14-17-12(11-20-14)10-13(19)16-4-3-7-18-8-5-15-6-9-18/h11,15H,2-10H2,1H3,(H,16,19). The molecule has 1 amide bonds. The van der Waals surface area contributed by atoms with E-state index < -0.39 is 0 Å². The fourth-order valence-corrected chi connectivity index (χ4v) is 3.03. The SMILES string of the molecule is CCc1nc(CC(=O)NCCCN2CCNCC2)cs1. The highest BCUT2D eigenvalue weighted by Gasteiger charge is 2.09. The van der Waals surface area contributed by atoms with Crippen LogP contribution in [-0.4, -0.2) is 55.1 Å². The molecule has 0 spiro atoms. The minimum Gasteiger partial charge on any atom is -0.356 e. The smallest absolute Gasteiger partial charge is 0.226 e. The van der Waals surface area contributed by atoms with Gasteiger partial charge in [0.25, 0.3) is 0 Å². The van der Waals surface area contributed by atoms with E-state index in [1.807, 2.05) is 5.38 Å². The number of hydrogen-bond acceptors (Lipinski definition) is 5. The molecule has 2 heterocycles. The van der Waals surface area contributed by atoms with Crippen LogP contribution in [0.15, 0.2) is 5.38 Å². The minimum absolute atomic E-state index is 0.0817. The highest BCUT2D eigenvalue weighted by Crippen LogP contribution is 2.10. The van der Waals surface area contributed by atoms with Gasteiger partial charge in [0.15, 0.2) is 0 Å². The van der Waals surface area contributed by atoms with Gasteiger partial charge in [-0.15, -0.1) is 11.3 Å². The maximum absolute atomic E-state index is 11.8. The number of amides is 1. The first-order valence-corrected chi connectivity index (χ1v) is 8.29. The first-order valence-electron chi connectivity index (χ1n) is 7.41. The molecule has 0 aliphatic carbocycles. The Morgan fingerprint density at radius 2 is 2.30 bits per heavy atom. The van der Waals surface area contributed by atoms with Crippen LogP contribution in [0, 0.1) is 0 Å². The third-order valence-corrected chi connectivity index (χ3v) is 4.47. The fraction of sp³-hybridized carbons (Fsp3) is 0.714. The lowest BCUT2D eigenvalue weighted by molar-refractivity contribution is -0.120. The highest BCUT2D eigenvalue weighted by molar-refractivity contribution is 7.09. The average Bonchev–Trinajstić information content (AvgIpc) is 2.92. The molecule has 1 fully saturated rings. The maximum Gasteiger partial charge on any atom is 0.226 e. The van der Waals surface area contributed by atoms with Crippen LogP contribution in [0.1, 0.15) is 24.0 Å². The summed E-state index contributed by atoms with van der Waals surface area (Å²) in [6.45, 7) is 8.30. The first-order chi connectivity index (χ1) is 9.78. The number of carbonyl (C=O) groups is 1. The number of nitrogens with one attached hydrogen (secondary N) is 2. The summed E-state index contributed by atoms with van der Waals surface area (Å²) in [6, 6.07) is 0. The van der Waals surface area contributed by atoms with E-state index in [1.54, 1.807) is 11.3 Å². The van der Waals surface area contributed by atoms with E-state index in [-0.39, 0.29) is 5.91 Å². The first kappa shape index (κ1) is 15.4. The number of piperazine rings is 1. The predicted molar refractivity (Wildman–Crippen MR) is 82.1 cm³/mol. The van der Waals surface area contributed by atoms with Crippen molar-refractivity contribution in [3.63, 3.8) is 0 Å². The van der Waals surface area contributed by atoms with Crippen LogP contribution >= 0.6 is 11.3 Å². The molecule has 1 aromatic heterocycles. The zero-order chi connectivity index (χ0) is 14.2. The van der Waals surface area contributed by atoms with Crippen molar-refractivity contribution in [3.8, 4) is 0 Å². The molecule has 0 radical (unpaired) electrons. The van der Waals surface area contributed by atoms with Gasteiger partial charge in [-0.05, 0) is 19.4 Å². The lowest BCUT2D eigenvalue weighted by Gasteiger charge is -2.27. The number of rotatable bonds is 7. The molecule has 0 aromatic carbocycles. The average molecular weight is 296 g/mol. The van der Waals surface area contributed by atoms with Crippen LogP contribution in [0.25, 0.3) is 0 Å². The summed E-state index contributed by atoms with van der Waals surface area (Å²) in [5, 5.41) is 9.41.